The molecule has 0 radical (unpaired) electrons. The van der Waals surface area contributed by atoms with Gasteiger partial charge in [0.15, 0.2) is 5.78 Å². The first-order valence-corrected chi connectivity index (χ1v) is 12.0. The van der Waals surface area contributed by atoms with E-state index >= 15 is 0 Å². The number of carbonyl (C=O) groups excluding carboxylic acids is 2. The molecule has 1 saturated carbocycles. The van der Waals surface area contributed by atoms with E-state index in [1.165, 1.54) is 7.05 Å². The molecule has 1 aliphatic carbocycles. The zero-order chi connectivity index (χ0) is 23.0. The highest BCUT2D eigenvalue weighted by Gasteiger charge is 2.56. The number of hydrogen-bond acceptors (Lipinski definition) is 4. The van der Waals surface area contributed by atoms with Gasteiger partial charge in [0, 0.05) is 51.0 Å². The number of hydrogen-bond donors (Lipinski definition) is 2. The fourth-order valence-electron chi connectivity index (χ4n) is 5.40. The zero-order valence-electron chi connectivity index (χ0n) is 18.2. The van der Waals surface area contributed by atoms with Gasteiger partial charge in [-0.25, -0.2) is 4.79 Å². The summed E-state index contributed by atoms with van der Waals surface area (Å²) in [7, 11) is 1.47. The normalized spacial score (nSPS) is 26.6. The number of Topliss-reactive ketones (excluding diaryl/α,β-unsaturated/α-hetero) is 1. The molecular weight excluding hydrogens is 453 g/mol. The maximum Gasteiger partial charge on any atom is 0.407 e. The van der Waals surface area contributed by atoms with Crippen LogP contribution in [0.2, 0.25) is 10.0 Å². The van der Waals surface area contributed by atoms with Crippen molar-refractivity contribution in [3.63, 3.8) is 0 Å². The van der Waals surface area contributed by atoms with Gasteiger partial charge in [-0.1, -0.05) is 35.7 Å². The molecule has 2 saturated heterocycles. The summed E-state index contributed by atoms with van der Waals surface area (Å²) in [5.74, 6) is -0.423. The van der Waals surface area contributed by atoms with Crippen LogP contribution in [-0.4, -0.2) is 71.5 Å². The number of likely N-dealkylation sites (N-methyl/N-ethyl adjacent to an activating group) is 1. The second-order valence-electron chi connectivity index (χ2n) is 9.21. The van der Waals surface area contributed by atoms with Crippen molar-refractivity contribution in [3.8, 4) is 0 Å². The summed E-state index contributed by atoms with van der Waals surface area (Å²) in [6.45, 7) is 1.79. The molecule has 1 aromatic rings. The zero-order valence-corrected chi connectivity index (χ0v) is 19.7. The van der Waals surface area contributed by atoms with Gasteiger partial charge in [-0.3, -0.25) is 14.5 Å². The van der Waals surface area contributed by atoms with Crippen LogP contribution in [0.5, 0.6) is 0 Å². The van der Waals surface area contributed by atoms with Gasteiger partial charge in [-0.15, -0.1) is 0 Å². The molecule has 3 fully saturated rings. The predicted molar refractivity (Wildman–Crippen MR) is 122 cm³/mol. The Morgan fingerprint density at radius 3 is 2.34 bits per heavy atom. The summed E-state index contributed by atoms with van der Waals surface area (Å²) < 4.78 is 0. The second kappa shape index (κ2) is 9.20. The van der Waals surface area contributed by atoms with Crippen LogP contribution < -0.4 is 5.32 Å². The Balaban J connectivity index is 1.58. The van der Waals surface area contributed by atoms with E-state index in [2.05, 4.69) is 5.32 Å². The topological polar surface area (TPSA) is 90.0 Å². The molecule has 1 aromatic carbocycles. The van der Waals surface area contributed by atoms with Crippen molar-refractivity contribution in [2.45, 2.75) is 43.6 Å². The number of likely N-dealkylation sites (tertiary alicyclic amines) is 1. The third-order valence-electron chi connectivity index (χ3n) is 7.61. The highest BCUT2D eigenvalue weighted by Crippen LogP contribution is 2.42. The third-order valence-corrected chi connectivity index (χ3v) is 8.35. The van der Waals surface area contributed by atoms with Gasteiger partial charge in [-0.2, -0.15) is 0 Å². The van der Waals surface area contributed by atoms with Crippen molar-refractivity contribution in [2.75, 3.05) is 33.2 Å². The molecule has 2 atom stereocenters. The Bertz CT molecular complexity index is 915. The molecule has 2 amide bonds. The Hall–Kier alpha value is -1.83. The molecule has 32 heavy (non-hydrogen) atoms. The number of carbonyl (C=O) groups is 3. The van der Waals surface area contributed by atoms with Gasteiger partial charge in [0.1, 0.15) is 5.54 Å². The highest BCUT2D eigenvalue weighted by atomic mass is 35.5. The Morgan fingerprint density at radius 1 is 1.09 bits per heavy atom. The van der Waals surface area contributed by atoms with E-state index in [1.807, 2.05) is 11.0 Å². The lowest BCUT2D eigenvalue weighted by Gasteiger charge is -2.44. The number of nitrogens with zero attached hydrogens (tertiary/aromatic N) is 2. The smallest absolute Gasteiger partial charge is 0.407 e. The number of ketones is 1. The Morgan fingerprint density at radius 2 is 1.78 bits per heavy atom. The summed E-state index contributed by atoms with van der Waals surface area (Å²) >= 11 is 12.3. The summed E-state index contributed by atoms with van der Waals surface area (Å²) in [4.78, 5) is 41.7. The van der Waals surface area contributed by atoms with Crippen LogP contribution >= 0.6 is 23.2 Å². The molecule has 9 heteroatoms. The summed E-state index contributed by atoms with van der Waals surface area (Å²) in [6.07, 6.45) is 2.99. The molecule has 0 spiro atoms. The van der Waals surface area contributed by atoms with Crippen LogP contribution in [0, 0.1) is 11.8 Å². The van der Waals surface area contributed by atoms with Crippen molar-refractivity contribution >= 4 is 41.0 Å². The monoisotopic (exact) mass is 481 g/mol. The van der Waals surface area contributed by atoms with Crippen LogP contribution in [0.4, 0.5) is 4.79 Å². The van der Waals surface area contributed by atoms with Crippen molar-refractivity contribution in [1.82, 2.24) is 15.1 Å². The molecule has 4 rings (SSSR count). The average molecular weight is 482 g/mol. The lowest BCUT2D eigenvalue weighted by molar-refractivity contribution is -0.143. The Kier molecular flexibility index (Phi) is 6.71. The predicted octanol–water partition coefficient (Wildman–Crippen LogP) is 3.64. The quantitative estimate of drug-likeness (QED) is 0.669. The lowest BCUT2D eigenvalue weighted by atomic mass is 9.72. The lowest BCUT2D eigenvalue weighted by Crippen LogP contribution is -2.62. The number of halogens is 2. The Labute approximate surface area is 198 Å². The van der Waals surface area contributed by atoms with E-state index in [-0.39, 0.29) is 36.0 Å². The fraction of sp³-hybridized carbons (Fsp3) is 0.609. The minimum absolute atomic E-state index is 0.0841. The van der Waals surface area contributed by atoms with E-state index in [4.69, 9.17) is 23.2 Å². The van der Waals surface area contributed by atoms with Crippen molar-refractivity contribution in [2.24, 2.45) is 11.8 Å². The van der Waals surface area contributed by atoms with Crippen LogP contribution in [0.25, 0.3) is 0 Å². The third kappa shape index (κ3) is 3.99. The standard InChI is InChI=1S/C23H29Cl2N3O4/c1-27(22(31)32)23(13-26-12-17(23)16-5-6-18(24)19(25)11-16)20(29)14-7-9-28(10-8-14)21(30)15-3-2-4-15/h5-6,11,14-15,17,26H,2-4,7-10,12-13H2,1H3,(H,31,32)/t17-,23+/m0/s1. The largest absolute Gasteiger partial charge is 0.465 e. The molecule has 2 N–H and O–H groups in total. The molecule has 3 aliphatic rings. The molecule has 7 nitrogen and oxygen atoms in total. The maximum atomic E-state index is 14.0. The number of nitrogens with one attached hydrogen (secondary N) is 1. The van der Waals surface area contributed by atoms with Gasteiger partial charge in [-0.05, 0) is 43.4 Å². The van der Waals surface area contributed by atoms with Gasteiger partial charge in [0.05, 0.1) is 10.0 Å². The molecule has 174 valence electrons. The molecule has 2 aliphatic heterocycles. The van der Waals surface area contributed by atoms with E-state index in [0.29, 0.717) is 42.5 Å². The van der Waals surface area contributed by atoms with Crippen molar-refractivity contribution in [3.05, 3.63) is 33.8 Å². The molecule has 0 unspecified atom stereocenters. The number of carboxylic acid groups (broad SMARTS) is 1. The molecule has 2 heterocycles. The fourth-order valence-corrected chi connectivity index (χ4v) is 5.70. The first-order valence-electron chi connectivity index (χ1n) is 11.2. The minimum Gasteiger partial charge on any atom is -0.465 e. The van der Waals surface area contributed by atoms with Gasteiger partial charge < -0.3 is 15.3 Å². The highest BCUT2D eigenvalue weighted by molar-refractivity contribution is 6.42. The molecule has 0 aromatic heterocycles. The summed E-state index contributed by atoms with van der Waals surface area (Å²) in [5.41, 5.74) is -0.461. The van der Waals surface area contributed by atoms with Gasteiger partial charge >= 0.3 is 6.09 Å². The summed E-state index contributed by atoms with van der Waals surface area (Å²) in [5, 5.41) is 13.9. The van der Waals surface area contributed by atoms with E-state index < -0.39 is 11.6 Å². The number of benzene rings is 1. The van der Waals surface area contributed by atoms with Crippen LogP contribution in [0.15, 0.2) is 18.2 Å². The maximum absolute atomic E-state index is 14.0. The van der Waals surface area contributed by atoms with Crippen molar-refractivity contribution in [1.29, 1.82) is 0 Å². The van der Waals surface area contributed by atoms with E-state index in [0.717, 1.165) is 29.7 Å². The number of rotatable bonds is 5. The van der Waals surface area contributed by atoms with Crippen LogP contribution in [0.3, 0.4) is 0 Å². The van der Waals surface area contributed by atoms with Crippen LogP contribution in [0.1, 0.15) is 43.6 Å². The second-order valence-corrected chi connectivity index (χ2v) is 10.0. The first-order chi connectivity index (χ1) is 15.3. The molecule has 0 bridgehead atoms. The average Bonchev–Trinajstić information content (AvgIpc) is 3.19. The number of piperidine rings is 1. The van der Waals surface area contributed by atoms with Gasteiger partial charge in [0.2, 0.25) is 5.91 Å². The number of amides is 2. The van der Waals surface area contributed by atoms with E-state index in [9.17, 15) is 19.5 Å². The van der Waals surface area contributed by atoms with E-state index in [1.54, 1.807) is 12.1 Å². The first kappa shape index (κ1) is 23.3. The summed E-state index contributed by atoms with van der Waals surface area (Å²) in [6, 6.07) is 5.21. The SMILES string of the molecule is CN(C(=O)O)[C@]1(C(=O)C2CCN(C(=O)C3CCC3)CC2)CNC[C@H]1c1ccc(Cl)c(Cl)c1. The van der Waals surface area contributed by atoms with Gasteiger partial charge in [0.25, 0.3) is 0 Å². The van der Waals surface area contributed by atoms with Crippen LogP contribution in [-0.2, 0) is 9.59 Å². The minimum atomic E-state index is -1.24. The van der Waals surface area contributed by atoms with Crippen molar-refractivity contribution < 1.29 is 19.5 Å². The molecular formula is C23H29Cl2N3O4.